The van der Waals surface area contributed by atoms with Crippen LogP contribution in [0.5, 0.6) is 0 Å². The van der Waals surface area contributed by atoms with Crippen LogP contribution in [0.2, 0.25) is 0 Å². The number of aryl methyl sites for hydroxylation is 1. The third-order valence-corrected chi connectivity index (χ3v) is 4.18. The van der Waals surface area contributed by atoms with Crippen LogP contribution in [0.4, 0.5) is 5.69 Å². The van der Waals surface area contributed by atoms with Gasteiger partial charge in [-0.25, -0.2) is 0 Å². The summed E-state index contributed by atoms with van der Waals surface area (Å²) in [7, 11) is 0. The summed E-state index contributed by atoms with van der Waals surface area (Å²) in [5, 5.41) is 6.42. The molecule has 0 aliphatic carbocycles. The fraction of sp³-hybridized carbons (Fsp3) is 0.588. The second-order valence-electron chi connectivity index (χ2n) is 5.89. The number of carbonyl (C=O) groups excluding carboxylic acids is 1. The molecule has 4 nitrogen and oxygen atoms in total. The summed E-state index contributed by atoms with van der Waals surface area (Å²) >= 11 is 0. The van der Waals surface area contributed by atoms with E-state index in [0.29, 0.717) is 6.54 Å². The van der Waals surface area contributed by atoms with Crippen LogP contribution in [-0.4, -0.2) is 43.5 Å². The van der Waals surface area contributed by atoms with Crippen molar-refractivity contribution in [3.05, 3.63) is 29.8 Å². The second-order valence-corrected chi connectivity index (χ2v) is 5.89. The number of anilines is 1. The molecule has 1 aliphatic heterocycles. The van der Waals surface area contributed by atoms with Crippen molar-refractivity contribution in [3.8, 4) is 0 Å². The number of nitrogens with one attached hydrogen (secondary N) is 2. The molecule has 1 heterocycles. The number of likely N-dealkylation sites (tertiary alicyclic amines) is 1. The monoisotopic (exact) mass is 289 g/mol. The Morgan fingerprint density at radius 1 is 1.29 bits per heavy atom. The minimum Gasteiger partial charge on any atom is -0.325 e. The van der Waals surface area contributed by atoms with Crippen LogP contribution < -0.4 is 10.6 Å². The Kier molecular flexibility index (Phi) is 6.21. The molecular weight excluding hydrogens is 262 g/mol. The van der Waals surface area contributed by atoms with Crippen LogP contribution in [0.25, 0.3) is 0 Å². The van der Waals surface area contributed by atoms with Gasteiger partial charge < -0.3 is 10.6 Å². The maximum Gasteiger partial charge on any atom is 0.238 e. The summed E-state index contributed by atoms with van der Waals surface area (Å²) in [5.74, 6) is 0.857. The first kappa shape index (κ1) is 16.0. The van der Waals surface area contributed by atoms with Crippen molar-refractivity contribution < 1.29 is 4.79 Å². The number of para-hydroxylation sites is 1. The molecule has 1 aromatic rings. The van der Waals surface area contributed by atoms with Gasteiger partial charge in [0, 0.05) is 5.69 Å². The van der Waals surface area contributed by atoms with Crippen LogP contribution in [0.1, 0.15) is 25.3 Å². The molecule has 0 spiro atoms. The highest BCUT2D eigenvalue weighted by Crippen LogP contribution is 2.17. The molecule has 0 saturated carbocycles. The molecular formula is C17H27N3O. The smallest absolute Gasteiger partial charge is 0.238 e. The van der Waals surface area contributed by atoms with Crippen LogP contribution in [-0.2, 0) is 4.79 Å². The number of piperidine rings is 1. The van der Waals surface area contributed by atoms with Crippen molar-refractivity contribution in [1.29, 1.82) is 0 Å². The number of amides is 1. The molecule has 2 N–H and O–H groups in total. The van der Waals surface area contributed by atoms with Crippen molar-refractivity contribution in [2.75, 3.05) is 38.0 Å². The highest BCUT2D eigenvalue weighted by atomic mass is 16.2. The molecule has 0 unspecified atom stereocenters. The lowest BCUT2D eigenvalue weighted by Gasteiger charge is -2.31. The van der Waals surface area contributed by atoms with Gasteiger partial charge in [0.25, 0.3) is 0 Å². The number of rotatable bonds is 6. The normalized spacial score (nSPS) is 16.9. The van der Waals surface area contributed by atoms with Crippen LogP contribution in [0, 0.1) is 12.8 Å². The van der Waals surface area contributed by atoms with Gasteiger partial charge in [-0.2, -0.15) is 0 Å². The number of benzene rings is 1. The maximum absolute atomic E-state index is 12.1. The van der Waals surface area contributed by atoms with E-state index in [2.05, 4.69) is 22.5 Å². The molecule has 21 heavy (non-hydrogen) atoms. The molecule has 0 radical (unpaired) electrons. The zero-order valence-electron chi connectivity index (χ0n) is 13.2. The zero-order chi connectivity index (χ0) is 15.1. The van der Waals surface area contributed by atoms with Gasteiger partial charge in [-0.15, -0.1) is 0 Å². The number of carbonyl (C=O) groups is 1. The average molecular weight is 289 g/mol. The van der Waals surface area contributed by atoms with Gasteiger partial charge in [0.05, 0.1) is 6.54 Å². The standard InChI is InChI=1S/C17H27N3O/c1-3-18-12-15-8-10-20(11-9-15)13-17(21)19-16-7-5-4-6-14(16)2/h4-7,15,18H,3,8-13H2,1-2H3,(H,19,21). The fourth-order valence-corrected chi connectivity index (χ4v) is 2.80. The van der Waals surface area contributed by atoms with Gasteiger partial charge >= 0.3 is 0 Å². The second kappa shape index (κ2) is 8.15. The third kappa shape index (κ3) is 5.14. The van der Waals surface area contributed by atoms with Crippen LogP contribution >= 0.6 is 0 Å². The van der Waals surface area contributed by atoms with Gasteiger partial charge in [0.2, 0.25) is 5.91 Å². The molecule has 1 aromatic carbocycles. The Morgan fingerprint density at radius 3 is 2.67 bits per heavy atom. The van der Waals surface area contributed by atoms with E-state index in [9.17, 15) is 4.79 Å². The van der Waals surface area contributed by atoms with Crippen molar-refractivity contribution in [2.24, 2.45) is 5.92 Å². The van der Waals surface area contributed by atoms with E-state index in [0.717, 1.165) is 43.3 Å². The zero-order valence-corrected chi connectivity index (χ0v) is 13.2. The average Bonchev–Trinajstić information content (AvgIpc) is 2.49. The third-order valence-electron chi connectivity index (χ3n) is 4.18. The lowest BCUT2D eigenvalue weighted by molar-refractivity contribution is -0.117. The minimum absolute atomic E-state index is 0.0921. The predicted molar refractivity (Wildman–Crippen MR) is 87.5 cm³/mol. The summed E-state index contributed by atoms with van der Waals surface area (Å²) in [6, 6.07) is 7.91. The first-order valence-corrected chi connectivity index (χ1v) is 7.97. The molecule has 4 heteroatoms. The summed E-state index contributed by atoms with van der Waals surface area (Å²) < 4.78 is 0. The fourth-order valence-electron chi connectivity index (χ4n) is 2.80. The Bertz CT molecular complexity index is 453. The van der Waals surface area contributed by atoms with Crippen molar-refractivity contribution in [1.82, 2.24) is 10.2 Å². The SMILES string of the molecule is CCNCC1CCN(CC(=O)Nc2ccccc2C)CC1. The molecule has 0 atom stereocenters. The first-order valence-electron chi connectivity index (χ1n) is 7.97. The number of hydrogen-bond donors (Lipinski definition) is 2. The van der Waals surface area contributed by atoms with Gasteiger partial charge in [-0.3, -0.25) is 9.69 Å². The maximum atomic E-state index is 12.1. The summed E-state index contributed by atoms with van der Waals surface area (Å²) in [5.41, 5.74) is 2.03. The lowest BCUT2D eigenvalue weighted by atomic mass is 9.97. The van der Waals surface area contributed by atoms with Gasteiger partial charge in [0.1, 0.15) is 0 Å². The minimum atomic E-state index is 0.0921. The largest absolute Gasteiger partial charge is 0.325 e. The van der Waals surface area contributed by atoms with Gasteiger partial charge in [-0.05, 0) is 63.5 Å². The molecule has 1 amide bonds. The van der Waals surface area contributed by atoms with Gasteiger partial charge in [0.15, 0.2) is 0 Å². The van der Waals surface area contributed by atoms with E-state index in [4.69, 9.17) is 0 Å². The van der Waals surface area contributed by atoms with Crippen molar-refractivity contribution in [3.63, 3.8) is 0 Å². The molecule has 0 aromatic heterocycles. The number of nitrogens with zero attached hydrogens (tertiary/aromatic N) is 1. The van der Waals surface area contributed by atoms with Crippen molar-refractivity contribution in [2.45, 2.75) is 26.7 Å². The lowest BCUT2D eigenvalue weighted by Crippen LogP contribution is -2.41. The highest BCUT2D eigenvalue weighted by Gasteiger charge is 2.20. The quantitative estimate of drug-likeness (QED) is 0.844. The Labute approximate surface area is 127 Å². The van der Waals surface area contributed by atoms with E-state index in [-0.39, 0.29) is 5.91 Å². The molecule has 116 valence electrons. The van der Waals surface area contributed by atoms with E-state index in [1.807, 2.05) is 31.2 Å². The first-order chi connectivity index (χ1) is 10.2. The molecule has 1 fully saturated rings. The van der Waals surface area contributed by atoms with Crippen molar-refractivity contribution >= 4 is 11.6 Å². The summed E-state index contributed by atoms with van der Waals surface area (Å²) in [6.45, 7) is 8.86. The van der Waals surface area contributed by atoms with E-state index in [1.54, 1.807) is 0 Å². The molecule has 0 bridgehead atoms. The predicted octanol–water partition coefficient (Wildman–Crippen LogP) is 2.26. The van der Waals surface area contributed by atoms with Crippen LogP contribution in [0.15, 0.2) is 24.3 Å². The van der Waals surface area contributed by atoms with E-state index >= 15 is 0 Å². The highest BCUT2D eigenvalue weighted by molar-refractivity contribution is 5.92. The molecule has 1 aliphatic rings. The molecule has 1 saturated heterocycles. The molecule has 2 rings (SSSR count). The Hall–Kier alpha value is -1.39. The topological polar surface area (TPSA) is 44.4 Å². The van der Waals surface area contributed by atoms with Gasteiger partial charge in [-0.1, -0.05) is 25.1 Å². The Balaban J connectivity index is 1.73. The Morgan fingerprint density at radius 2 is 2.00 bits per heavy atom. The number of hydrogen-bond acceptors (Lipinski definition) is 3. The van der Waals surface area contributed by atoms with E-state index in [1.165, 1.54) is 12.8 Å². The van der Waals surface area contributed by atoms with E-state index < -0.39 is 0 Å². The summed E-state index contributed by atoms with van der Waals surface area (Å²) in [4.78, 5) is 14.4. The van der Waals surface area contributed by atoms with Crippen LogP contribution in [0.3, 0.4) is 0 Å². The summed E-state index contributed by atoms with van der Waals surface area (Å²) in [6.07, 6.45) is 2.37.